The van der Waals surface area contributed by atoms with Gasteiger partial charge in [-0.15, -0.1) is 11.3 Å². The van der Waals surface area contributed by atoms with Crippen LogP contribution in [0.2, 0.25) is 0 Å². The number of methoxy groups -OCH3 is 1. The molecular formula is C20H23NO4S. The fourth-order valence-electron chi connectivity index (χ4n) is 3.28. The topological polar surface area (TPSA) is 55.8 Å². The third-order valence-electron chi connectivity index (χ3n) is 4.45. The molecule has 1 aromatic carbocycles. The second kappa shape index (κ2) is 7.91. The molecule has 138 valence electrons. The van der Waals surface area contributed by atoms with Crippen LogP contribution in [0.15, 0.2) is 29.6 Å². The highest BCUT2D eigenvalue weighted by Gasteiger charge is 2.35. The van der Waals surface area contributed by atoms with E-state index in [2.05, 4.69) is 6.07 Å². The maximum atomic E-state index is 12.7. The van der Waals surface area contributed by atoms with Gasteiger partial charge in [0.05, 0.1) is 12.0 Å². The van der Waals surface area contributed by atoms with E-state index in [1.807, 2.05) is 37.4 Å². The average molecular weight is 373 g/mol. The summed E-state index contributed by atoms with van der Waals surface area (Å²) in [6, 6.07) is 7.47. The van der Waals surface area contributed by atoms with Crippen molar-refractivity contribution in [3.8, 4) is 5.75 Å². The third-order valence-corrected chi connectivity index (χ3v) is 5.42. The van der Waals surface area contributed by atoms with Crippen LogP contribution in [0.3, 0.4) is 0 Å². The van der Waals surface area contributed by atoms with E-state index in [1.165, 1.54) is 18.4 Å². The Balaban J connectivity index is 1.65. The van der Waals surface area contributed by atoms with E-state index in [9.17, 15) is 9.59 Å². The largest absolute Gasteiger partial charge is 0.489 e. The highest BCUT2D eigenvalue weighted by molar-refractivity contribution is 7.12. The first-order valence-corrected chi connectivity index (χ1v) is 9.53. The number of hydrogen-bond donors (Lipinski definition) is 0. The van der Waals surface area contributed by atoms with Crippen molar-refractivity contribution in [1.29, 1.82) is 0 Å². The number of rotatable bonds is 5. The van der Waals surface area contributed by atoms with Crippen LogP contribution in [0, 0.1) is 13.8 Å². The minimum atomic E-state index is -0.468. The summed E-state index contributed by atoms with van der Waals surface area (Å²) in [6.45, 7) is 5.07. The van der Waals surface area contributed by atoms with Crippen molar-refractivity contribution in [2.24, 2.45) is 0 Å². The molecule has 1 amide bonds. The summed E-state index contributed by atoms with van der Waals surface area (Å²) in [5.74, 6) is 0.373. The lowest BCUT2D eigenvalue weighted by molar-refractivity contribution is -0.145. The molecule has 1 aliphatic rings. The molecule has 5 nitrogen and oxygen atoms in total. The van der Waals surface area contributed by atoms with Gasteiger partial charge in [0, 0.05) is 12.1 Å². The Hall–Kier alpha value is -2.34. The Bertz CT molecular complexity index is 794. The van der Waals surface area contributed by atoms with Crippen LogP contribution in [-0.4, -0.2) is 36.5 Å². The monoisotopic (exact) mass is 373 g/mol. The van der Waals surface area contributed by atoms with Gasteiger partial charge in [-0.3, -0.25) is 4.79 Å². The van der Waals surface area contributed by atoms with Gasteiger partial charge in [-0.1, -0.05) is 6.07 Å². The Morgan fingerprint density at radius 1 is 1.19 bits per heavy atom. The van der Waals surface area contributed by atoms with Crippen LogP contribution in [0.5, 0.6) is 5.75 Å². The first-order valence-electron chi connectivity index (χ1n) is 8.65. The van der Waals surface area contributed by atoms with Gasteiger partial charge in [0.1, 0.15) is 18.4 Å². The van der Waals surface area contributed by atoms with Crippen molar-refractivity contribution >= 4 is 23.2 Å². The van der Waals surface area contributed by atoms with Crippen molar-refractivity contribution in [2.45, 2.75) is 39.3 Å². The number of likely N-dealkylation sites (tertiary alicyclic amines) is 1. The number of ether oxygens (including phenoxy) is 2. The van der Waals surface area contributed by atoms with Crippen LogP contribution in [0.1, 0.15) is 39.2 Å². The van der Waals surface area contributed by atoms with Crippen LogP contribution in [-0.2, 0) is 16.1 Å². The molecule has 0 aliphatic carbocycles. The molecule has 6 heteroatoms. The van der Waals surface area contributed by atoms with E-state index < -0.39 is 6.04 Å². The second-order valence-electron chi connectivity index (χ2n) is 6.61. The van der Waals surface area contributed by atoms with E-state index in [4.69, 9.17) is 9.47 Å². The van der Waals surface area contributed by atoms with Crippen LogP contribution < -0.4 is 4.74 Å². The van der Waals surface area contributed by atoms with Crippen LogP contribution in [0.4, 0.5) is 0 Å². The molecule has 1 aliphatic heterocycles. The highest BCUT2D eigenvalue weighted by atomic mass is 32.1. The Kier molecular flexibility index (Phi) is 5.61. The Morgan fingerprint density at radius 2 is 1.92 bits per heavy atom. The van der Waals surface area contributed by atoms with Gasteiger partial charge in [0.25, 0.3) is 5.91 Å². The summed E-state index contributed by atoms with van der Waals surface area (Å²) in [5, 5.41) is 1.93. The standard InChI is InChI=1S/C20H23NO4S/c1-13-7-14(2)9-16(8-13)25-11-15-10-18(26-12-15)19(22)21-6-4-5-17(21)20(23)24-3/h7-10,12,17H,4-6,11H2,1-3H3. The number of carbonyl (C=O) groups is 2. The first-order chi connectivity index (χ1) is 12.5. The van der Waals surface area contributed by atoms with Crippen molar-refractivity contribution in [3.05, 3.63) is 51.2 Å². The molecule has 1 unspecified atom stereocenters. The van der Waals surface area contributed by atoms with Crippen LogP contribution in [0.25, 0.3) is 0 Å². The Labute approximate surface area is 157 Å². The number of hydrogen-bond acceptors (Lipinski definition) is 5. The van der Waals surface area contributed by atoms with E-state index in [1.54, 1.807) is 4.90 Å². The van der Waals surface area contributed by atoms with Crippen LogP contribution >= 0.6 is 11.3 Å². The second-order valence-corrected chi connectivity index (χ2v) is 7.52. The minimum absolute atomic E-state index is 0.111. The first kappa shape index (κ1) is 18.5. The van der Waals surface area contributed by atoms with E-state index in [0.29, 0.717) is 24.4 Å². The molecule has 0 spiro atoms. The summed E-state index contributed by atoms with van der Waals surface area (Å²) in [4.78, 5) is 26.8. The molecule has 3 rings (SSSR count). The van der Waals surface area contributed by atoms with Crippen molar-refractivity contribution in [1.82, 2.24) is 4.90 Å². The molecule has 0 bridgehead atoms. The molecule has 0 N–H and O–H groups in total. The van der Waals surface area contributed by atoms with Gasteiger partial charge in [-0.2, -0.15) is 0 Å². The van der Waals surface area contributed by atoms with Gasteiger partial charge in [-0.05, 0) is 61.4 Å². The smallest absolute Gasteiger partial charge is 0.328 e. The minimum Gasteiger partial charge on any atom is -0.489 e. The molecule has 1 aromatic heterocycles. The van der Waals surface area contributed by atoms with E-state index in [-0.39, 0.29) is 11.9 Å². The number of aryl methyl sites for hydroxylation is 2. The Morgan fingerprint density at radius 3 is 2.62 bits per heavy atom. The zero-order chi connectivity index (χ0) is 18.7. The lowest BCUT2D eigenvalue weighted by Crippen LogP contribution is -2.40. The zero-order valence-corrected chi connectivity index (χ0v) is 16.1. The van der Waals surface area contributed by atoms with Crippen molar-refractivity contribution in [3.63, 3.8) is 0 Å². The molecular weight excluding hydrogens is 350 g/mol. The number of nitrogens with zero attached hydrogens (tertiary/aromatic N) is 1. The number of amides is 1. The molecule has 1 fully saturated rings. The predicted octanol–water partition coefficient (Wildman–Crippen LogP) is 3.72. The maximum absolute atomic E-state index is 12.7. The summed E-state index contributed by atoms with van der Waals surface area (Å²) >= 11 is 1.38. The maximum Gasteiger partial charge on any atom is 0.328 e. The zero-order valence-electron chi connectivity index (χ0n) is 15.3. The van der Waals surface area contributed by atoms with Gasteiger partial charge < -0.3 is 14.4 Å². The molecule has 1 atom stereocenters. The molecule has 26 heavy (non-hydrogen) atoms. The van der Waals surface area contributed by atoms with E-state index in [0.717, 1.165) is 28.9 Å². The summed E-state index contributed by atoms with van der Waals surface area (Å²) < 4.78 is 10.7. The van der Waals surface area contributed by atoms with Gasteiger partial charge in [0.2, 0.25) is 0 Å². The molecule has 0 saturated carbocycles. The number of benzene rings is 1. The van der Waals surface area contributed by atoms with Crippen molar-refractivity contribution < 1.29 is 19.1 Å². The number of esters is 1. The predicted molar refractivity (Wildman–Crippen MR) is 101 cm³/mol. The summed E-state index contributed by atoms with van der Waals surface area (Å²) in [7, 11) is 1.36. The highest BCUT2D eigenvalue weighted by Crippen LogP contribution is 2.25. The van der Waals surface area contributed by atoms with E-state index >= 15 is 0 Å². The third kappa shape index (κ3) is 4.07. The normalized spacial score (nSPS) is 16.6. The summed E-state index contributed by atoms with van der Waals surface area (Å²) in [6.07, 6.45) is 1.48. The quantitative estimate of drug-likeness (QED) is 0.750. The number of thiophene rings is 1. The fourth-order valence-corrected chi connectivity index (χ4v) is 4.13. The SMILES string of the molecule is COC(=O)C1CCCN1C(=O)c1cc(COc2cc(C)cc(C)c2)cs1. The fraction of sp³-hybridized carbons (Fsp3) is 0.400. The van der Waals surface area contributed by atoms with Gasteiger partial charge in [-0.25, -0.2) is 4.79 Å². The molecule has 2 heterocycles. The average Bonchev–Trinajstić information content (AvgIpc) is 3.27. The lowest BCUT2D eigenvalue weighted by atomic mass is 10.1. The molecule has 0 radical (unpaired) electrons. The number of carbonyl (C=O) groups excluding carboxylic acids is 2. The lowest BCUT2D eigenvalue weighted by Gasteiger charge is -2.21. The summed E-state index contributed by atoms with van der Waals surface area (Å²) in [5.41, 5.74) is 3.26. The van der Waals surface area contributed by atoms with Gasteiger partial charge >= 0.3 is 5.97 Å². The van der Waals surface area contributed by atoms with Gasteiger partial charge in [0.15, 0.2) is 0 Å². The van der Waals surface area contributed by atoms with Crippen molar-refractivity contribution in [2.75, 3.05) is 13.7 Å². The molecule has 2 aromatic rings. The molecule has 1 saturated heterocycles.